The molecule has 4 unspecified atom stereocenters. The topological polar surface area (TPSA) is 49.4 Å². The van der Waals surface area contributed by atoms with Gasteiger partial charge in [0.25, 0.3) is 0 Å². The summed E-state index contributed by atoms with van der Waals surface area (Å²) in [6, 6.07) is -0.602. The molecule has 0 aromatic heterocycles. The quantitative estimate of drug-likeness (QED) is 0.822. The maximum absolute atomic E-state index is 12.4. The number of carbonyl (C=O) groups excluding carboxylic acids is 2. The Bertz CT molecular complexity index is 354. The summed E-state index contributed by atoms with van der Waals surface area (Å²) in [4.78, 5) is 26.4. The van der Waals surface area contributed by atoms with E-state index in [9.17, 15) is 9.59 Å². The van der Waals surface area contributed by atoms with E-state index in [2.05, 4.69) is 12.2 Å². The molecule has 2 rings (SSSR count). The molecule has 0 aromatic carbocycles. The van der Waals surface area contributed by atoms with Crippen molar-refractivity contribution in [3.05, 3.63) is 0 Å². The molecule has 1 aliphatic carbocycles. The second kappa shape index (κ2) is 4.90. The van der Waals surface area contributed by atoms with Crippen molar-refractivity contribution < 1.29 is 9.59 Å². The van der Waals surface area contributed by atoms with E-state index >= 15 is 0 Å². The minimum absolute atomic E-state index is 0.0183. The first-order valence-electron chi connectivity index (χ1n) is 7.06. The van der Waals surface area contributed by atoms with Crippen molar-refractivity contribution in [2.24, 2.45) is 17.8 Å². The maximum Gasteiger partial charge on any atom is 0.245 e. The van der Waals surface area contributed by atoms with Crippen LogP contribution in [0.5, 0.6) is 0 Å². The van der Waals surface area contributed by atoms with Gasteiger partial charge in [-0.25, -0.2) is 0 Å². The first-order valence-corrected chi connectivity index (χ1v) is 7.06. The van der Waals surface area contributed by atoms with Gasteiger partial charge in [-0.2, -0.15) is 0 Å². The Morgan fingerprint density at radius 1 is 1.39 bits per heavy atom. The van der Waals surface area contributed by atoms with Crippen molar-refractivity contribution in [1.82, 2.24) is 10.2 Å². The maximum atomic E-state index is 12.4. The molecule has 1 saturated carbocycles. The zero-order chi connectivity index (χ0) is 13.4. The molecular formula is C14H24N2O2. The lowest BCUT2D eigenvalue weighted by Crippen LogP contribution is -2.64. The van der Waals surface area contributed by atoms with Crippen LogP contribution in [0.15, 0.2) is 0 Å². The van der Waals surface area contributed by atoms with E-state index in [1.54, 1.807) is 0 Å². The van der Waals surface area contributed by atoms with Crippen molar-refractivity contribution >= 4 is 11.8 Å². The predicted octanol–water partition coefficient (Wildman–Crippen LogP) is 1.40. The van der Waals surface area contributed by atoms with Crippen LogP contribution in [0.3, 0.4) is 0 Å². The highest BCUT2D eigenvalue weighted by molar-refractivity contribution is 5.97. The summed E-state index contributed by atoms with van der Waals surface area (Å²) in [7, 11) is 0. The molecule has 102 valence electrons. The molecule has 1 heterocycles. The highest BCUT2D eigenvalue weighted by Gasteiger charge is 2.44. The lowest BCUT2D eigenvalue weighted by Gasteiger charge is -2.40. The standard InChI is InChI=1S/C14H24N2O2/c1-5-11-14(18)16(7-10-6-9(10)4)12(8(2)3)13(17)15-11/h8-12H,5-7H2,1-4H3,(H,15,17). The van der Waals surface area contributed by atoms with Gasteiger partial charge in [-0.05, 0) is 30.6 Å². The molecule has 4 heteroatoms. The van der Waals surface area contributed by atoms with Crippen LogP contribution in [-0.4, -0.2) is 35.3 Å². The Morgan fingerprint density at radius 2 is 2.00 bits per heavy atom. The lowest BCUT2D eigenvalue weighted by molar-refractivity contribution is -0.151. The number of nitrogens with one attached hydrogen (secondary N) is 1. The van der Waals surface area contributed by atoms with Gasteiger partial charge in [0.1, 0.15) is 12.1 Å². The molecule has 2 amide bonds. The fourth-order valence-corrected chi connectivity index (χ4v) is 2.85. The summed E-state index contributed by atoms with van der Waals surface area (Å²) in [6.07, 6.45) is 1.86. The highest BCUT2D eigenvalue weighted by atomic mass is 16.2. The van der Waals surface area contributed by atoms with Crippen molar-refractivity contribution in [3.8, 4) is 0 Å². The molecule has 1 aliphatic heterocycles. The van der Waals surface area contributed by atoms with Crippen molar-refractivity contribution in [1.29, 1.82) is 0 Å². The summed E-state index contributed by atoms with van der Waals surface area (Å²) in [6.45, 7) is 8.92. The van der Waals surface area contributed by atoms with E-state index in [1.165, 1.54) is 6.42 Å². The van der Waals surface area contributed by atoms with Gasteiger partial charge in [-0.1, -0.05) is 27.7 Å². The SMILES string of the molecule is CCC1NC(=O)C(C(C)C)N(CC2CC2C)C1=O. The van der Waals surface area contributed by atoms with Crippen molar-refractivity contribution in [2.75, 3.05) is 6.54 Å². The van der Waals surface area contributed by atoms with Gasteiger partial charge in [0.05, 0.1) is 0 Å². The van der Waals surface area contributed by atoms with Crippen LogP contribution in [0, 0.1) is 17.8 Å². The molecule has 0 bridgehead atoms. The van der Waals surface area contributed by atoms with E-state index in [1.807, 2.05) is 25.7 Å². The van der Waals surface area contributed by atoms with Crippen molar-refractivity contribution in [3.63, 3.8) is 0 Å². The molecule has 1 saturated heterocycles. The zero-order valence-electron chi connectivity index (χ0n) is 11.8. The second-order valence-corrected chi connectivity index (χ2v) is 6.12. The third-order valence-electron chi connectivity index (χ3n) is 4.25. The Hall–Kier alpha value is -1.06. The lowest BCUT2D eigenvalue weighted by atomic mass is 9.96. The highest BCUT2D eigenvalue weighted by Crippen LogP contribution is 2.39. The van der Waals surface area contributed by atoms with E-state index in [0.717, 1.165) is 6.54 Å². The number of piperazine rings is 1. The van der Waals surface area contributed by atoms with Gasteiger partial charge in [0.2, 0.25) is 11.8 Å². The molecule has 1 N–H and O–H groups in total. The van der Waals surface area contributed by atoms with Crippen LogP contribution in [0.25, 0.3) is 0 Å². The number of amides is 2. The van der Waals surface area contributed by atoms with Gasteiger partial charge in [-0.15, -0.1) is 0 Å². The fraction of sp³-hybridized carbons (Fsp3) is 0.857. The van der Waals surface area contributed by atoms with E-state index < -0.39 is 0 Å². The van der Waals surface area contributed by atoms with E-state index in [0.29, 0.717) is 18.3 Å². The Morgan fingerprint density at radius 3 is 2.44 bits per heavy atom. The van der Waals surface area contributed by atoms with Gasteiger partial charge in [0.15, 0.2) is 0 Å². The minimum atomic E-state index is -0.318. The number of hydrogen-bond acceptors (Lipinski definition) is 2. The average molecular weight is 252 g/mol. The second-order valence-electron chi connectivity index (χ2n) is 6.12. The van der Waals surface area contributed by atoms with Crippen LogP contribution in [0.2, 0.25) is 0 Å². The average Bonchev–Trinajstić information content (AvgIpc) is 2.98. The van der Waals surface area contributed by atoms with E-state index in [4.69, 9.17) is 0 Å². The molecular weight excluding hydrogens is 228 g/mol. The first kappa shape index (κ1) is 13.4. The minimum Gasteiger partial charge on any atom is -0.343 e. The molecule has 18 heavy (non-hydrogen) atoms. The largest absolute Gasteiger partial charge is 0.343 e. The number of nitrogens with zero attached hydrogens (tertiary/aromatic N) is 1. The summed E-state index contributed by atoms with van der Waals surface area (Å²) in [5, 5.41) is 2.85. The van der Waals surface area contributed by atoms with Crippen LogP contribution in [-0.2, 0) is 9.59 Å². The van der Waals surface area contributed by atoms with Crippen LogP contribution >= 0.6 is 0 Å². The zero-order valence-corrected chi connectivity index (χ0v) is 11.8. The third-order valence-corrected chi connectivity index (χ3v) is 4.25. The summed E-state index contributed by atoms with van der Waals surface area (Å²) in [5.41, 5.74) is 0. The molecule has 0 radical (unpaired) electrons. The van der Waals surface area contributed by atoms with Gasteiger partial charge in [0, 0.05) is 6.54 Å². The Labute approximate surface area is 109 Å². The summed E-state index contributed by atoms with van der Waals surface area (Å²) >= 11 is 0. The molecule has 4 nitrogen and oxygen atoms in total. The molecule has 4 atom stereocenters. The third kappa shape index (κ3) is 2.38. The Kier molecular flexibility index (Phi) is 3.64. The first-order chi connectivity index (χ1) is 8.45. The molecule has 0 spiro atoms. The smallest absolute Gasteiger partial charge is 0.245 e. The number of hydrogen-bond donors (Lipinski definition) is 1. The molecule has 0 aromatic rings. The predicted molar refractivity (Wildman–Crippen MR) is 69.8 cm³/mol. The number of carbonyl (C=O) groups is 2. The van der Waals surface area contributed by atoms with E-state index in [-0.39, 0.29) is 29.8 Å². The normalized spacial score (nSPS) is 35.9. The Balaban J connectivity index is 2.16. The van der Waals surface area contributed by atoms with Crippen LogP contribution in [0.4, 0.5) is 0 Å². The van der Waals surface area contributed by atoms with Crippen molar-refractivity contribution in [2.45, 2.75) is 52.6 Å². The summed E-state index contributed by atoms with van der Waals surface area (Å²) in [5.74, 6) is 1.59. The molecule has 2 fully saturated rings. The number of rotatable bonds is 4. The van der Waals surface area contributed by atoms with Crippen LogP contribution < -0.4 is 5.32 Å². The fourth-order valence-electron chi connectivity index (χ4n) is 2.85. The monoisotopic (exact) mass is 252 g/mol. The van der Waals surface area contributed by atoms with Gasteiger partial charge >= 0.3 is 0 Å². The van der Waals surface area contributed by atoms with Crippen LogP contribution in [0.1, 0.15) is 40.5 Å². The molecule has 2 aliphatic rings. The van der Waals surface area contributed by atoms with Gasteiger partial charge in [-0.3, -0.25) is 9.59 Å². The summed E-state index contributed by atoms with van der Waals surface area (Å²) < 4.78 is 0. The van der Waals surface area contributed by atoms with Gasteiger partial charge < -0.3 is 10.2 Å².